The van der Waals surface area contributed by atoms with Crippen LogP contribution in [0.1, 0.15) is 19.4 Å². The molecule has 0 radical (unpaired) electrons. The first-order chi connectivity index (χ1) is 9.46. The number of halogens is 1. The standard InChI is InChI=1S/C16H27N3O.ClH/c1-16(2,17)13-18(3)12-14-6-4-5-7-15(14)19-8-10-20-11-9-19;/h4-7H,8-13,17H2,1-3H3;1H. The number of ether oxygens (including phenoxy) is 1. The maximum Gasteiger partial charge on any atom is 0.0642 e. The molecule has 0 amide bonds. The average molecular weight is 314 g/mol. The molecule has 1 aromatic carbocycles. The van der Waals surface area contributed by atoms with Crippen molar-refractivity contribution in [2.75, 3.05) is 44.8 Å². The lowest BCUT2D eigenvalue weighted by Crippen LogP contribution is -2.43. The summed E-state index contributed by atoms with van der Waals surface area (Å²) in [4.78, 5) is 4.71. The largest absolute Gasteiger partial charge is 0.378 e. The van der Waals surface area contributed by atoms with E-state index in [-0.39, 0.29) is 17.9 Å². The minimum atomic E-state index is -0.164. The van der Waals surface area contributed by atoms with Crippen molar-refractivity contribution in [1.29, 1.82) is 0 Å². The lowest BCUT2D eigenvalue weighted by molar-refractivity contribution is 0.122. The van der Waals surface area contributed by atoms with Crippen molar-refractivity contribution in [3.05, 3.63) is 29.8 Å². The van der Waals surface area contributed by atoms with Crippen LogP contribution in [0.4, 0.5) is 5.69 Å². The predicted molar refractivity (Wildman–Crippen MR) is 91.3 cm³/mol. The van der Waals surface area contributed by atoms with Gasteiger partial charge in [0.15, 0.2) is 0 Å². The van der Waals surface area contributed by atoms with E-state index in [0.29, 0.717) is 0 Å². The van der Waals surface area contributed by atoms with Crippen LogP contribution < -0.4 is 10.6 Å². The number of morpholine rings is 1. The highest BCUT2D eigenvalue weighted by Crippen LogP contribution is 2.23. The molecule has 0 atom stereocenters. The monoisotopic (exact) mass is 313 g/mol. The predicted octanol–water partition coefficient (Wildman–Crippen LogP) is 2.11. The third-order valence-corrected chi connectivity index (χ3v) is 3.46. The minimum absolute atomic E-state index is 0. The number of nitrogens with two attached hydrogens (primary N) is 1. The lowest BCUT2D eigenvalue weighted by atomic mass is 10.1. The molecule has 1 aromatic rings. The van der Waals surface area contributed by atoms with E-state index in [0.717, 1.165) is 39.4 Å². The van der Waals surface area contributed by atoms with E-state index in [4.69, 9.17) is 10.5 Å². The molecule has 1 fully saturated rings. The van der Waals surface area contributed by atoms with Crippen LogP contribution in [0.15, 0.2) is 24.3 Å². The molecule has 0 aromatic heterocycles. The normalized spacial score (nSPS) is 16.0. The first-order valence-corrected chi connectivity index (χ1v) is 7.34. The van der Waals surface area contributed by atoms with E-state index in [1.807, 2.05) is 0 Å². The van der Waals surface area contributed by atoms with Gasteiger partial charge >= 0.3 is 0 Å². The van der Waals surface area contributed by atoms with Crippen LogP contribution in [-0.4, -0.2) is 50.3 Å². The molecule has 21 heavy (non-hydrogen) atoms. The summed E-state index contributed by atoms with van der Waals surface area (Å²) >= 11 is 0. The molecule has 1 saturated heterocycles. The molecule has 5 heteroatoms. The first-order valence-electron chi connectivity index (χ1n) is 7.34. The molecule has 0 bridgehead atoms. The fraction of sp³-hybridized carbons (Fsp3) is 0.625. The molecule has 2 N–H and O–H groups in total. The molecule has 120 valence electrons. The Bertz CT molecular complexity index is 428. The Morgan fingerprint density at radius 1 is 1.24 bits per heavy atom. The summed E-state index contributed by atoms with van der Waals surface area (Å²) < 4.78 is 5.44. The number of benzene rings is 1. The van der Waals surface area contributed by atoms with E-state index < -0.39 is 0 Å². The molecule has 0 spiro atoms. The second kappa shape index (κ2) is 7.99. The van der Waals surface area contributed by atoms with Gasteiger partial charge in [0, 0.05) is 37.4 Å². The van der Waals surface area contributed by atoms with Crippen LogP contribution in [0, 0.1) is 0 Å². The van der Waals surface area contributed by atoms with E-state index in [1.165, 1.54) is 11.3 Å². The second-order valence-corrected chi connectivity index (χ2v) is 6.39. The topological polar surface area (TPSA) is 41.7 Å². The van der Waals surface area contributed by atoms with Crippen LogP contribution >= 0.6 is 12.4 Å². The SMILES string of the molecule is CN(Cc1ccccc1N1CCOCC1)CC(C)(C)N.Cl. The number of likely N-dealkylation sites (N-methyl/N-ethyl adjacent to an activating group) is 1. The molecule has 4 nitrogen and oxygen atoms in total. The first kappa shape index (κ1) is 18.2. The Hall–Kier alpha value is -0.810. The molecule has 1 aliphatic rings. The van der Waals surface area contributed by atoms with Gasteiger partial charge in [0.1, 0.15) is 0 Å². The van der Waals surface area contributed by atoms with Crippen molar-refractivity contribution in [3.63, 3.8) is 0 Å². The number of rotatable bonds is 5. The summed E-state index contributed by atoms with van der Waals surface area (Å²) in [5.74, 6) is 0. The summed E-state index contributed by atoms with van der Waals surface area (Å²) in [6.07, 6.45) is 0. The van der Waals surface area contributed by atoms with Gasteiger partial charge in [-0.1, -0.05) is 18.2 Å². The Morgan fingerprint density at radius 3 is 2.48 bits per heavy atom. The highest BCUT2D eigenvalue weighted by Gasteiger charge is 2.17. The zero-order valence-corrected chi connectivity index (χ0v) is 14.2. The number of para-hydroxylation sites is 1. The van der Waals surface area contributed by atoms with Crippen LogP contribution in [0.2, 0.25) is 0 Å². The average Bonchev–Trinajstić information content (AvgIpc) is 2.38. The smallest absolute Gasteiger partial charge is 0.0642 e. The third kappa shape index (κ3) is 5.83. The van der Waals surface area contributed by atoms with Crippen LogP contribution in [-0.2, 0) is 11.3 Å². The van der Waals surface area contributed by atoms with Gasteiger partial charge in [-0.25, -0.2) is 0 Å². The second-order valence-electron chi connectivity index (χ2n) is 6.39. The molecule has 0 unspecified atom stereocenters. The summed E-state index contributed by atoms with van der Waals surface area (Å²) in [5.41, 5.74) is 8.63. The highest BCUT2D eigenvalue weighted by molar-refractivity contribution is 5.85. The fourth-order valence-corrected chi connectivity index (χ4v) is 2.80. The zero-order chi connectivity index (χ0) is 14.6. The van der Waals surface area contributed by atoms with Gasteiger partial charge in [-0.15, -0.1) is 12.4 Å². The van der Waals surface area contributed by atoms with Crippen LogP contribution in [0.3, 0.4) is 0 Å². The number of anilines is 1. The van der Waals surface area contributed by atoms with Crippen LogP contribution in [0.25, 0.3) is 0 Å². The Morgan fingerprint density at radius 2 is 1.86 bits per heavy atom. The van der Waals surface area contributed by atoms with Crippen LogP contribution in [0.5, 0.6) is 0 Å². The molecule has 1 aliphatic heterocycles. The van der Waals surface area contributed by atoms with Gasteiger partial charge in [-0.2, -0.15) is 0 Å². The summed E-state index contributed by atoms with van der Waals surface area (Å²) in [7, 11) is 2.13. The van der Waals surface area contributed by atoms with Crippen molar-refractivity contribution < 1.29 is 4.74 Å². The van der Waals surface area contributed by atoms with E-state index in [1.54, 1.807) is 0 Å². The molecule has 0 aliphatic carbocycles. The molecule has 2 rings (SSSR count). The molecular weight excluding hydrogens is 286 g/mol. The minimum Gasteiger partial charge on any atom is -0.378 e. The van der Waals surface area contributed by atoms with Crippen molar-refractivity contribution >= 4 is 18.1 Å². The molecule has 0 saturated carbocycles. The van der Waals surface area contributed by atoms with Gasteiger partial charge in [-0.3, -0.25) is 0 Å². The summed E-state index contributed by atoms with van der Waals surface area (Å²) in [6.45, 7) is 9.53. The van der Waals surface area contributed by atoms with Crippen molar-refractivity contribution in [2.45, 2.75) is 25.9 Å². The number of hydrogen-bond donors (Lipinski definition) is 1. The van der Waals surface area contributed by atoms with E-state index in [2.05, 4.69) is 55.0 Å². The van der Waals surface area contributed by atoms with Gasteiger partial charge < -0.3 is 20.3 Å². The van der Waals surface area contributed by atoms with Crippen molar-refractivity contribution in [2.24, 2.45) is 5.73 Å². The zero-order valence-electron chi connectivity index (χ0n) is 13.3. The third-order valence-electron chi connectivity index (χ3n) is 3.46. The van der Waals surface area contributed by atoms with E-state index in [9.17, 15) is 0 Å². The van der Waals surface area contributed by atoms with Gasteiger partial charge in [0.2, 0.25) is 0 Å². The maximum atomic E-state index is 6.10. The molecule has 1 heterocycles. The Labute approximate surface area is 134 Å². The maximum absolute atomic E-state index is 6.10. The Kier molecular flexibility index (Phi) is 6.94. The van der Waals surface area contributed by atoms with Gasteiger partial charge in [0.25, 0.3) is 0 Å². The summed E-state index contributed by atoms with van der Waals surface area (Å²) in [5, 5.41) is 0. The molecular formula is C16H28ClN3O. The summed E-state index contributed by atoms with van der Waals surface area (Å²) in [6, 6.07) is 8.65. The number of hydrogen-bond acceptors (Lipinski definition) is 4. The highest BCUT2D eigenvalue weighted by atomic mass is 35.5. The number of nitrogens with zero attached hydrogens (tertiary/aromatic N) is 2. The van der Waals surface area contributed by atoms with Gasteiger partial charge in [0.05, 0.1) is 13.2 Å². The van der Waals surface area contributed by atoms with Crippen molar-refractivity contribution in [1.82, 2.24) is 4.90 Å². The van der Waals surface area contributed by atoms with E-state index >= 15 is 0 Å². The van der Waals surface area contributed by atoms with Crippen molar-refractivity contribution in [3.8, 4) is 0 Å². The quantitative estimate of drug-likeness (QED) is 0.904. The lowest BCUT2D eigenvalue weighted by Gasteiger charge is -2.32. The Balaban J connectivity index is 0.00000220. The fourth-order valence-electron chi connectivity index (χ4n) is 2.80. The van der Waals surface area contributed by atoms with Gasteiger partial charge in [-0.05, 0) is 32.5 Å².